The van der Waals surface area contributed by atoms with Crippen LogP contribution in [0.3, 0.4) is 0 Å². The molecule has 0 saturated heterocycles. The maximum Gasteiger partial charge on any atom is 0.419 e. The van der Waals surface area contributed by atoms with E-state index in [0.717, 1.165) is 27.8 Å². The summed E-state index contributed by atoms with van der Waals surface area (Å²) in [5.74, 6) is 0. The fraction of sp³-hybridized carbons (Fsp3) is 0.368. The number of hydrogen-bond acceptors (Lipinski definition) is 4. The average Bonchev–Trinajstić information content (AvgIpc) is 2.85. The Bertz CT molecular complexity index is 808. The molecule has 0 aliphatic heterocycles. The fourth-order valence-electron chi connectivity index (χ4n) is 2.52. The normalized spacial score (nSPS) is 13.2. The molecule has 0 radical (unpaired) electrons. The summed E-state index contributed by atoms with van der Waals surface area (Å²) in [6.45, 7) is 9.41. The minimum Gasteiger partial charge on any atom is -0.443 e. The molecule has 0 aliphatic rings. The highest BCUT2D eigenvalue weighted by atomic mass is 16.6. The molecule has 0 unspecified atom stereocenters. The molecule has 5 nitrogen and oxygen atoms in total. The van der Waals surface area contributed by atoms with E-state index in [4.69, 9.17) is 9.57 Å². The number of nitrogens with zero attached hydrogens (tertiary/aromatic N) is 2. The molecular weight excluding hydrogens is 304 g/mol. The molecule has 0 amide bonds. The predicted molar refractivity (Wildman–Crippen MR) is 97.3 cm³/mol. The first-order valence-corrected chi connectivity index (χ1v) is 7.83. The van der Waals surface area contributed by atoms with E-state index in [0.29, 0.717) is 0 Å². The molecule has 0 atom stereocenters. The molecule has 0 aliphatic carbocycles. The lowest BCUT2D eigenvalue weighted by atomic mass is 10.1. The summed E-state index contributed by atoms with van der Waals surface area (Å²) in [6.07, 6.45) is 3.34. The highest BCUT2D eigenvalue weighted by molar-refractivity contribution is 6.04. The Labute approximate surface area is 142 Å². The van der Waals surface area contributed by atoms with Crippen LogP contribution in [0.25, 0.3) is 16.5 Å². The first kappa shape index (κ1) is 17.8. The van der Waals surface area contributed by atoms with Crippen LogP contribution in [0, 0.1) is 0 Å². The third-order valence-corrected chi connectivity index (χ3v) is 3.39. The van der Waals surface area contributed by atoms with Gasteiger partial charge in [-0.25, -0.2) is 4.79 Å². The molecule has 0 spiro atoms. The zero-order valence-corrected chi connectivity index (χ0v) is 15.1. The Morgan fingerprint density at radius 3 is 2.50 bits per heavy atom. The van der Waals surface area contributed by atoms with Crippen molar-refractivity contribution >= 4 is 28.3 Å². The molecule has 2 aromatic rings. The lowest BCUT2D eigenvalue weighted by molar-refractivity contribution is 0.0544. The van der Waals surface area contributed by atoms with Gasteiger partial charge in [0, 0.05) is 17.1 Å². The summed E-state index contributed by atoms with van der Waals surface area (Å²) in [7, 11) is 1.51. The van der Waals surface area contributed by atoms with E-state index in [2.05, 4.69) is 5.16 Å². The Morgan fingerprint density at radius 2 is 1.88 bits per heavy atom. The van der Waals surface area contributed by atoms with Crippen molar-refractivity contribution in [2.45, 2.75) is 40.2 Å². The summed E-state index contributed by atoms with van der Waals surface area (Å²) in [6, 6.07) is 7.76. The first-order valence-electron chi connectivity index (χ1n) is 7.83. The largest absolute Gasteiger partial charge is 0.443 e. The number of hydrogen-bond donors (Lipinski definition) is 0. The maximum absolute atomic E-state index is 12.5. The third kappa shape index (κ3) is 4.04. The van der Waals surface area contributed by atoms with Crippen molar-refractivity contribution in [1.29, 1.82) is 0 Å². The van der Waals surface area contributed by atoms with E-state index < -0.39 is 5.60 Å². The molecule has 0 bridgehead atoms. The van der Waals surface area contributed by atoms with Crippen molar-refractivity contribution < 1.29 is 14.4 Å². The molecule has 0 fully saturated rings. The molecule has 24 heavy (non-hydrogen) atoms. The lowest BCUT2D eigenvalue weighted by Gasteiger charge is -2.19. The van der Waals surface area contributed by atoms with Gasteiger partial charge in [-0.15, -0.1) is 0 Å². The Kier molecular flexibility index (Phi) is 5.12. The van der Waals surface area contributed by atoms with Gasteiger partial charge in [-0.05, 0) is 52.3 Å². The van der Waals surface area contributed by atoms with Crippen LogP contribution in [0.2, 0.25) is 0 Å². The first-order chi connectivity index (χ1) is 11.2. The molecule has 1 aromatic carbocycles. The van der Waals surface area contributed by atoms with Crippen LogP contribution in [0.15, 0.2) is 41.7 Å². The number of carbonyl (C=O) groups is 1. The Balaban J connectivity index is 2.54. The van der Waals surface area contributed by atoms with Crippen LogP contribution in [-0.2, 0) is 9.57 Å². The van der Waals surface area contributed by atoms with E-state index in [9.17, 15) is 4.79 Å². The van der Waals surface area contributed by atoms with Gasteiger partial charge >= 0.3 is 6.09 Å². The Hall–Kier alpha value is -2.56. The molecular formula is C19H24N2O3. The van der Waals surface area contributed by atoms with Crippen LogP contribution in [0.1, 0.15) is 40.2 Å². The zero-order chi connectivity index (χ0) is 17.9. The highest BCUT2D eigenvalue weighted by Gasteiger charge is 2.20. The molecule has 2 rings (SSSR count). The summed E-state index contributed by atoms with van der Waals surface area (Å²) in [5, 5.41) is 4.89. The van der Waals surface area contributed by atoms with Crippen LogP contribution >= 0.6 is 0 Å². The number of oxime groups is 1. The number of allylic oxidation sites excluding steroid dienone is 2. The minimum atomic E-state index is -0.546. The lowest BCUT2D eigenvalue weighted by Crippen LogP contribution is -2.26. The standard InChI is InChI=1S/C19H24N2O3/c1-13(11-14(2)20-23-6)16-12-21(18(22)24-19(3,4)5)17-10-8-7-9-15(16)17/h7-12H,1-6H3/b13-11-,20-14+. The van der Waals surface area contributed by atoms with Gasteiger partial charge in [-0.2, -0.15) is 0 Å². The Morgan fingerprint density at radius 1 is 1.21 bits per heavy atom. The number of fused-ring (bicyclic) bond motifs is 1. The second-order valence-electron chi connectivity index (χ2n) is 6.65. The second kappa shape index (κ2) is 6.91. The number of carbonyl (C=O) groups excluding carboxylic acids is 1. The molecule has 0 saturated carbocycles. The minimum absolute atomic E-state index is 0.389. The van der Waals surface area contributed by atoms with Gasteiger partial charge in [0.05, 0.1) is 11.2 Å². The molecule has 0 N–H and O–H groups in total. The summed E-state index contributed by atoms with van der Waals surface area (Å²) < 4.78 is 7.06. The van der Waals surface area contributed by atoms with E-state index in [1.165, 1.54) is 7.11 Å². The van der Waals surface area contributed by atoms with Crippen molar-refractivity contribution in [3.63, 3.8) is 0 Å². The summed E-state index contributed by atoms with van der Waals surface area (Å²) >= 11 is 0. The van der Waals surface area contributed by atoms with E-state index in [1.54, 1.807) is 4.57 Å². The third-order valence-electron chi connectivity index (χ3n) is 3.39. The molecule has 128 valence electrons. The second-order valence-corrected chi connectivity index (χ2v) is 6.65. The smallest absolute Gasteiger partial charge is 0.419 e. The number of ether oxygens (including phenoxy) is 1. The van der Waals surface area contributed by atoms with Crippen molar-refractivity contribution in [2.75, 3.05) is 7.11 Å². The number of aromatic nitrogens is 1. The SMILES string of the molecule is CO/N=C(C)/C=C(/C)c1cn(C(=O)OC(C)(C)C)c2ccccc12. The zero-order valence-electron chi connectivity index (χ0n) is 15.1. The van der Waals surface area contributed by atoms with Crippen molar-refractivity contribution in [2.24, 2.45) is 5.16 Å². The summed E-state index contributed by atoms with van der Waals surface area (Å²) in [4.78, 5) is 17.3. The highest BCUT2D eigenvalue weighted by Crippen LogP contribution is 2.28. The van der Waals surface area contributed by atoms with Gasteiger partial charge in [-0.3, -0.25) is 4.57 Å². The van der Waals surface area contributed by atoms with Crippen LogP contribution in [-0.4, -0.2) is 29.1 Å². The van der Waals surface area contributed by atoms with Gasteiger partial charge in [0.25, 0.3) is 0 Å². The van der Waals surface area contributed by atoms with Crippen molar-refractivity contribution in [3.8, 4) is 0 Å². The molecule has 1 heterocycles. The van der Waals surface area contributed by atoms with E-state index in [-0.39, 0.29) is 6.09 Å². The average molecular weight is 328 g/mol. The molecule has 1 aromatic heterocycles. The van der Waals surface area contributed by atoms with Crippen LogP contribution in [0.4, 0.5) is 4.79 Å². The van der Waals surface area contributed by atoms with E-state index >= 15 is 0 Å². The van der Waals surface area contributed by atoms with Crippen molar-refractivity contribution in [3.05, 3.63) is 42.1 Å². The van der Waals surface area contributed by atoms with Gasteiger partial charge < -0.3 is 9.57 Å². The van der Waals surface area contributed by atoms with Crippen LogP contribution < -0.4 is 0 Å². The fourth-order valence-corrected chi connectivity index (χ4v) is 2.52. The number of para-hydroxylation sites is 1. The van der Waals surface area contributed by atoms with Crippen LogP contribution in [0.5, 0.6) is 0 Å². The number of rotatable bonds is 3. The predicted octanol–water partition coefficient (Wildman–Crippen LogP) is 4.85. The van der Waals surface area contributed by atoms with E-state index in [1.807, 2.05) is 71.2 Å². The van der Waals surface area contributed by atoms with Gasteiger partial charge in [0.15, 0.2) is 0 Å². The van der Waals surface area contributed by atoms with Gasteiger partial charge in [0.1, 0.15) is 12.7 Å². The monoisotopic (exact) mass is 328 g/mol. The number of benzene rings is 1. The summed E-state index contributed by atoms with van der Waals surface area (Å²) in [5.41, 5.74) is 2.98. The van der Waals surface area contributed by atoms with Crippen molar-refractivity contribution in [1.82, 2.24) is 4.57 Å². The topological polar surface area (TPSA) is 52.8 Å². The van der Waals surface area contributed by atoms with Gasteiger partial charge in [0.2, 0.25) is 0 Å². The molecule has 5 heteroatoms. The van der Waals surface area contributed by atoms with Gasteiger partial charge in [-0.1, -0.05) is 23.4 Å². The maximum atomic E-state index is 12.5. The quantitative estimate of drug-likeness (QED) is 0.598.